The molecule has 2 heterocycles. The number of nitrogens with zero attached hydrogens (tertiary/aromatic N) is 3. The third-order valence-corrected chi connectivity index (χ3v) is 6.14. The standard InChI is InChI=1S/C27H35N3O/c1-21(2)20-31-26-11-9-23(10-12-26)19-30-27(24-13-15-29(3)16-14-24)25(18-28-30)17-22-7-5-4-6-8-22/h4-12,18,21,24H,13-17,19-20H2,1-3H3. The summed E-state index contributed by atoms with van der Waals surface area (Å²) in [6.07, 6.45) is 5.45. The highest BCUT2D eigenvalue weighted by Crippen LogP contribution is 2.31. The summed E-state index contributed by atoms with van der Waals surface area (Å²) in [6, 6.07) is 19.3. The molecule has 1 aliphatic heterocycles. The highest BCUT2D eigenvalue weighted by molar-refractivity contribution is 5.32. The van der Waals surface area contributed by atoms with Gasteiger partial charge in [-0.2, -0.15) is 5.10 Å². The molecule has 31 heavy (non-hydrogen) atoms. The van der Waals surface area contributed by atoms with Crippen LogP contribution in [0.25, 0.3) is 0 Å². The molecule has 4 nitrogen and oxygen atoms in total. The van der Waals surface area contributed by atoms with Crippen LogP contribution in [0.5, 0.6) is 5.75 Å². The molecule has 164 valence electrons. The quantitative estimate of drug-likeness (QED) is 0.494. The number of likely N-dealkylation sites (tertiary alicyclic amines) is 1. The number of piperidine rings is 1. The van der Waals surface area contributed by atoms with Gasteiger partial charge in [-0.05, 0) is 67.7 Å². The summed E-state index contributed by atoms with van der Waals surface area (Å²) in [6.45, 7) is 8.21. The molecular formula is C27H35N3O. The number of ether oxygens (including phenoxy) is 1. The van der Waals surface area contributed by atoms with Crippen molar-refractivity contribution in [3.05, 3.63) is 83.2 Å². The zero-order chi connectivity index (χ0) is 21.6. The normalized spacial score (nSPS) is 15.5. The van der Waals surface area contributed by atoms with Gasteiger partial charge in [0.2, 0.25) is 0 Å². The molecule has 0 atom stereocenters. The average Bonchev–Trinajstić information content (AvgIpc) is 3.16. The molecule has 0 amide bonds. The van der Waals surface area contributed by atoms with Gasteiger partial charge in [0.15, 0.2) is 0 Å². The predicted octanol–water partition coefficient (Wildman–Crippen LogP) is 5.37. The topological polar surface area (TPSA) is 30.3 Å². The molecule has 0 bridgehead atoms. The van der Waals surface area contributed by atoms with Gasteiger partial charge in [0.05, 0.1) is 19.3 Å². The molecule has 0 radical (unpaired) electrons. The third kappa shape index (κ3) is 5.76. The van der Waals surface area contributed by atoms with Gasteiger partial charge in [-0.15, -0.1) is 0 Å². The van der Waals surface area contributed by atoms with Crippen LogP contribution in [0.1, 0.15) is 55.0 Å². The molecule has 0 unspecified atom stereocenters. The zero-order valence-corrected chi connectivity index (χ0v) is 19.1. The molecule has 1 aromatic heterocycles. The summed E-state index contributed by atoms with van der Waals surface area (Å²) in [5, 5.41) is 4.86. The van der Waals surface area contributed by atoms with Crippen LogP contribution in [-0.4, -0.2) is 41.4 Å². The molecule has 3 aromatic rings. The summed E-state index contributed by atoms with van der Waals surface area (Å²) in [7, 11) is 2.22. The van der Waals surface area contributed by atoms with Crippen molar-refractivity contribution in [2.24, 2.45) is 5.92 Å². The van der Waals surface area contributed by atoms with Crippen LogP contribution >= 0.6 is 0 Å². The van der Waals surface area contributed by atoms with Gasteiger partial charge in [0.25, 0.3) is 0 Å². The first-order chi connectivity index (χ1) is 15.1. The van der Waals surface area contributed by atoms with E-state index in [4.69, 9.17) is 9.84 Å². The van der Waals surface area contributed by atoms with E-state index in [9.17, 15) is 0 Å². The molecular weight excluding hydrogens is 382 g/mol. The van der Waals surface area contributed by atoms with Crippen molar-refractivity contribution in [2.75, 3.05) is 26.7 Å². The Balaban J connectivity index is 1.55. The van der Waals surface area contributed by atoms with Crippen LogP contribution in [0.2, 0.25) is 0 Å². The average molecular weight is 418 g/mol. The minimum atomic E-state index is 0.531. The lowest BCUT2D eigenvalue weighted by Crippen LogP contribution is -2.30. The minimum Gasteiger partial charge on any atom is -0.493 e. The number of hydrogen-bond donors (Lipinski definition) is 0. The van der Waals surface area contributed by atoms with Crippen LogP contribution in [0.15, 0.2) is 60.8 Å². The molecule has 1 aliphatic rings. The Morgan fingerprint density at radius 3 is 2.35 bits per heavy atom. The smallest absolute Gasteiger partial charge is 0.119 e. The van der Waals surface area contributed by atoms with Gasteiger partial charge in [-0.3, -0.25) is 4.68 Å². The summed E-state index contributed by atoms with van der Waals surface area (Å²) < 4.78 is 8.09. The van der Waals surface area contributed by atoms with E-state index in [1.54, 1.807) is 0 Å². The van der Waals surface area contributed by atoms with Crippen molar-refractivity contribution in [3.63, 3.8) is 0 Å². The lowest BCUT2D eigenvalue weighted by Gasteiger charge is -2.30. The van der Waals surface area contributed by atoms with Gasteiger partial charge in [0, 0.05) is 18.0 Å². The Morgan fingerprint density at radius 1 is 0.968 bits per heavy atom. The fourth-order valence-corrected chi connectivity index (χ4v) is 4.39. The molecule has 4 rings (SSSR count). The molecule has 1 saturated heterocycles. The molecule has 1 fully saturated rings. The van der Waals surface area contributed by atoms with Crippen molar-refractivity contribution in [3.8, 4) is 5.75 Å². The largest absolute Gasteiger partial charge is 0.493 e. The fraction of sp³-hybridized carbons (Fsp3) is 0.444. The van der Waals surface area contributed by atoms with Crippen LogP contribution in [0.3, 0.4) is 0 Å². The predicted molar refractivity (Wildman–Crippen MR) is 127 cm³/mol. The first kappa shape index (κ1) is 21.6. The van der Waals surface area contributed by atoms with E-state index in [2.05, 4.69) is 91.3 Å². The van der Waals surface area contributed by atoms with Crippen LogP contribution in [0.4, 0.5) is 0 Å². The first-order valence-electron chi connectivity index (χ1n) is 11.6. The second-order valence-electron chi connectivity index (χ2n) is 9.30. The zero-order valence-electron chi connectivity index (χ0n) is 19.1. The van der Waals surface area contributed by atoms with Crippen LogP contribution in [0, 0.1) is 5.92 Å². The fourth-order valence-electron chi connectivity index (χ4n) is 4.39. The second-order valence-corrected chi connectivity index (χ2v) is 9.30. The van der Waals surface area contributed by atoms with Gasteiger partial charge in [0.1, 0.15) is 5.75 Å². The Labute approximate surface area is 186 Å². The molecule has 0 saturated carbocycles. The molecule has 0 N–H and O–H groups in total. The third-order valence-electron chi connectivity index (χ3n) is 6.14. The number of rotatable bonds is 8. The molecule has 4 heteroatoms. The Morgan fingerprint density at radius 2 is 1.68 bits per heavy atom. The van der Waals surface area contributed by atoms with Crippen molar-refractivity contribution in [1.29, 1.82) is 0 Å². The van der Waals surface area contributed by atoms with E-state index in [1.807, 2.05) is 0 Å². The Kier molecular flexibility index (Phi) is 7.08. The van der Waals surface area contributed by atoms with Crippen LogP contribution < -0.4 is 4.74 Å². The summed E-state index contributed by atoms with van der Waals surface area (Å²) in [4.78, 5) is 2.43. The highest BCUT2D eigenvalue weighted by Gasteiger charge is 2.25. The van der Waals surface area contributed by atoms with Crippen LogP contribution in [-0.2, 0) is 13.0 Å². The van der Waals surface area contributed by atoms with Gasteiger partial charge in [-0.1, -0.05) is 56.3 Å². The molecule has 0 aliphatic carbocycles. The van der Waals surface area contributed by atoms with E-state index >= 15 is 0 Å². The highest BCUT2D eigenvalue weighted by atomic mass is 16.5. The number of aromatic nitrogens is 2. The summed E-state index contributed by atoms with van der Waals surface area (Å²) in [5.41, 5.74) is 5.41. The van der Waals surface area contributed by atoms with Crippen molar-refractivity contribution < 1.29 is 4.74 Å². The first-order valence-corrected chi connectivity index (χ1v) is 11.6. The van der Waals surface area contributed by atoms with Gasteiger partial charge >= 0.3 is 0 Å². The van der Waals surface area contributed by atoms with Gasteiger partial charge in [-0.25, -0.2) is 0 Å². The molecule has 2 aromatic carbocycles. The van der Waals surface area contributed by atoms with E-state index in [1.165, 1.54) is 35.2 Å². The second kappa shape index (κ2) is 10.1. The van der Waals surface area contributed by atoms with Crippen molar-refractivity contribution >= 4 is 0 Å². The Hall–Kier alpha value is -2.59. The lowest BCUT2D eigenvalue weighted by molar-refractivity contribution is 0.250. The van der Waals surface area contributed by atoms with Gasteiger partial charge < -0.3 is 9.64 Å². The maximum Gasteiger partial charge on any atom is 0.119 e. The van der Waals surface area contributed by atoms with E-state index in [0.29, 0.717) is 11.8 Å². The molecule has 0 spiro atoms. The van der Waals surface area contributed by atoms with Crippen molar-refractivity contribution in [1.82, 2.24) is 14.7 Å². The SMILES string of the molecule is CC(C)COc1ccc(Cn2ncc(Cc3ccccc3)c2C2CCN(C)CC2)cc1. The van der Waals surface area contributed by atoms with E-state index < -0.39 is 0 Å². The maximum absolute atomic E-state index is 5.85. The summed E-state index contributed by atoms with van der Waals surface area (Å²) >= 11 is 0. The minimum absolute atomic E-state index is 0.531. The van der Waals surface area contributed by atoms with E-state index in [-0.39, 0.29) is 0 Å². The number of benzene rings is 2. The maximum atomic E-state index is 5.85. The lowest BCUT2D eigenvalue weighted by atomic mass is 9.89. The van der Waals surface area contributed by atoms with Crippen molar-refractivity contribution in [2.45, 2.75) is 45.6 Å². The Bertz CT molecular complexity index is 938. The summed E-state index contributed by atoms with van der Waals surface area (Å²) in [5.74, 6) is 2.05. The monoisotopic (exact) mass is 417 g/mol. The van der Waals surface area contributed by atoms with E-state index in [0.717, 1.165) is 38.4 Å². The number of hydrogen-bond acceptors (Lipinski definition) is 3.